The molecule has 0 bridgehead atoms. The number of hydrogen-bond acceptors (Lipinski definition) is 8. The van der Waals surface area contributed by atoms with Gasteiger partial charge in [-0.05, 0) is 19.1 Å². The average Bonchev–Trinajstić information content (AvgIpc) is 3.27. The fraction of sp³-hybridized carbons (Fsp3) is 0.0500. The number of hydrogen-bond donors (Lipinski definition) is 2. The summed E-state index contributed by atoms with van der Waals surface area (Å²) in [5.41, 5.74) is 4.21. The van der Waals surface area contributed by atoms with Crippen molar-refractivity contribution in [2.24, 2.45) is 5.73 Å². The van der Waals surface area contributed by atoms with Gasteiger partial charge in [-0.2, -0.15) is 5.26 Å². The van der Waals surface area contributed by atoms with Gasteiger partial charge in [-0.25, -0.2) is 0 Å². The fourth-order valence-electron chi connectivity index (χ4n) is 3.27. The summed E-state index contributed by atoms with van der Waals surface area (Å²) in [6, 6.07) is 10.00. The molecule has 4 rings (SSSR count). The lowest BCUT2D eigenvalue weighted by Crippen LogP contribution is -2.28. The number of amides is 2. The number of anilines is 2. The second-order valence-electron chi connectivity index (χ2n) is 6.31. The summed E-state index contributed by atoms with van der Waals surface area (Å²) in [4.78, 5) is 51.2. The molecule has 0 radical (unpaired) electrons. The first-order valence-electron chi connectivity index (χ1n) is 8.45. The molecule has 1 aromatic carbocycles. The van der Waals surface area contributed by atoms with E-state index in [-0.39, 0.29) is 40.7 Å². The van der Waals surface area contributed by atoms with E-state index >= 15 is 0 Å². The number of ketones is 1. The molecule has 10 heteroatoms. The Kier molecular flexibility index (Phi) is 4.49. The Balaban J connectivity index is 2.24. The van der Waals surface area contributed by atoms with Crippen LogP contribution in [0.2, 0.25) is 0 Å². The molecule has 2 heterocycles. The van der Waals surface area contributed by atoms with Gasteiger partial charge < -0.3 is 10.8 Å². The Labute approximate surface area is 175 Å². The highest BCUT2D eigenvalue weighted by Crippen LogP contribution is 2.36. The molecule has 0 fully saturated rings. The van der Waals surface area contributed by atoms with Crippen LogP contribution in [0.5, 0.6) is 5.75 Å². The van der Waals surface area contributed by atoms with Gasteiger partial charge in [-0.3, -0.25) is 24.1 Å². The molecule has 3 N–H and O–H groups in total. The molecule has 148 valence electrons. The van der Waals surface area contributed by atoms with E-state index in [9.17, 15) is 29.5 Å². The van der Waals surface area contributed by atoms with E-state index in [1.807, 2.05) is 0 Å². The van der Waals surface area contributed by atoms with Crippen LogP contribution in [0.25, 0.3) is 11.1 Å². The number of primary amides is 1. The first-order valence-corrected chi connectivity index (χ1v) is 10.1. The lowest BCUT2D eigenvalue weighted by atomic mass is 10.1. The number of carbonyl (C=O) groups is 3. The highest BCUT2D eigenvalue weighted by atomic mass is 32.2. The number of nitrogens with two attached hydrogens (primary N) is 1. The zero-order valence-electron chi connectivity index (χ0n) is 15.3. The predicted octanol–water partition coefficient (Wildman–Crippen LogP) is 0.178. The van der Waals surface area contributed by atoms with Crippen molar-refractivity contribution in [1.82, 2.24) is 0 Å². The van der Waals surface area contributed by atoms with Crippen molar-refractivity contribution in [3.8, 4) is 11.8 Å². The molecule has 0 aromatic heterocycles. The Morgan fingerprint density at radius 1 is 1.13 bits per heavy atom. The third-order valence-electron chi connectivity index (χ3n) is 4.52. The maximum atomic E-state index is 13.2. The average molecular weight is 437 g/mol. The van der Waals surface area contributed by atoms with Crippen LogP contribution in [0, 0.1) is 20.4 Å². The van der Waals surface area contributed by atoms with E-state index in [4.69, 9.17) is 5.73 Å². The van der Waals surface area contributed by atoms with E-state index in [1.54, 1.807) is 36.4 Å². The molecule has 0 unspecified atom stereocenters. The minimum absolute atomic E-state index is 0.0294. The maximum absolute atomic E-state index is 13.2. The van der Waals surface area contributed by atoms with Crippen molar-refractivity contribution in [2.45, 2.75) is 6.92 Å². The Morgan fingerprint density at radius 2 is 1.77 bits per heavy atom. The molecule has 0 saturated heterocycles. The SMILES string of the molecule is CC(=O)C1=c2c(c(O)c3s/c(=C(/C#N)C(N)=O)sc=3c2=O)N(c2ccccc2)C1=O. The van der Waals surface area contributed by atoms with Gasteiger partial charge in [0.1, 0.15) is 21.2 Å². The highest BCUT2D eigenvalue weighted by Gasteiger charge is 2.37. The largest absolute Gasteiger partial charge is 0.504 e. The third-order valence-corrected chi connectivity index (χ3v) is 7.13. The summed E-state index contributed by atoms with van der Waals surface area (Å²) in [6.07, 6.45) is 0. The van der Waals surface area contributed by atoms with E-state index in [0.717, 1.165) is 27.6 Å². The number of para-hydroxylation sites is 1. The lowest BCUT2D eigenvalue weighted by Gasteiger charge is -2.19. The van der Waals surface area contributed by atoms with Crippen molar-refractivity contribution >= 4 is 62.8 Å². The number of nitriles is 1. The van der Waals surface area contributed by atoms with E-state index < -0.39 is 23.0 Å². The molecule has 3 aliphatic rings. The summed E-state index contributed by atoms with van der Waals surface area (Å²) in [7, 11) is 0. The number of rotatable bonds is 3. The molecule has 1 aromatic rings. The zero-order valence-corrected chi connectivity index (χ0v) is 16.9. The summed E-state index contributed by atoms with van der Waals surface area (Å²) in [5.74, 6) is -2.67. The van der Waals surface area contributed by atoms with Crippen molar-refractivity contribution < 1.29 is 19.5 Å². The molecule has 30 heavy (non-hydrogen) atoms. The van der Waals surface area contributed by atoms with Gasteiger partial charge in [0.05, 0.1) is 19.9 Å². The zero-order chi connectivity index (χ0) is 21.7. The maximum Gasteiger partial charge on any atom is 0.267 e. The quantitative estimate of drug-likeness (QED) is 0.599. The van der Waals surface area contributed by atoms with Gasteiger partial charge >= 0.3 is 0 Å². The van der Waals surface area contributed by atoms with Gasteiger partial charge in [0.15, 0.2) is 11.5 Å². The van der Waals surface area contributed by atoms with Gasteiger partial charge in [-0.15, -0.1) is 22.7 Å². The molecular formula is C20H11N3O5S2. The van der Waals surface area contributed by atoms with Crippen LogP contribution in [-0.2, 0) is 14.4 Å². The lowest BCUT2D eigenvalue weighted by molar-refractivity contribution is -0.117. The summed E-state index contributed by atoms with van der Waals surface area (Å²) in [6.45, 7) is 1.17. The number of fused-ring (bicyclic) bond motifs is 1. The van der Waals surface area contributed by atoms with E-state index in [1.165, 1.54) is 6.92 Å². The Hall–Kier alpha value is -3.81. The van der Waals surface area contributed by atoms with Gasteiger partial charge in [-0.1, -0.05) is 18.2 Å². The first-order chi connectivity index (χ1) is 14.3. The monoisotopic (exact) mass is 437 g/mol. The second-order valence-corrected chi connectivity index (χ2v) is 8.61. The smallest absolute Gasteiger partial charge is 0.267 e. The van der Waals surface area contributed by atoms with E-state index in [0.29, 0.717) is 5.69 Å². The molecule has 8 nitrogen and oxygen atoms in total. The molecule has 2 amide bonds. The van der Waals surface area contributed by atoms with Gasteiger partial charge in [0.2, 0.25) is 5.43 Å². The standard InChI is InChI=1S/C20H11N3O5S2/c1-8(24)11-12-13(23(19(11)28)9-5-3-2-4-6-9)15(26)17-16(14(12)25)29-20(30-17)10(7-21)18(22)27/h2-6,26H,1H3,(H2,22,27)/b20-10-. The Morgan fingerprint density at radius 3 is 2.33 bits per heavy atom. The van der Waals surface area contributed by atoms with Crippen LogP contribution in [0.1, 0.15) is 6.92 Å². The number of nitrogens with zero attached hydrogens (tertiary/aromatic N) is 2. The number of benzene rings is 1. The third kappa shape index (κ3) is 2.64. The van der Waals surface area contributed by atoms with Gasteiger partial charge in [0, 0.05) is 5.69 Å². The van der Waals surface area contributed by atoms with E-state index in [2.05, 4.69) is 0 Å². The minimum Gasteiger partial charge on any atom is -0.504 e. The van der Waals surface area contributed by atoms with Crippen molar-refractivity contribution in [3.05, 3.63) is 58.7 Å². The fourth-order valence-corrected chi connectivity index (χ4v) is 5.82. The first kappa shape index (κ1) is 19.5. The molecule has 0 saturated carbocycles. The molecular weight excluding hydrogens is 426 g/mol. The number of aromatic hydroxyl groups is 1. The minimum atomic E-state index is -0.961. The summed E-state index contributed by atoms with van der Waals surface area (Å²) < 4.78 is 0.283. The van der Waals surface area contributed by atoms with Crippen LogP contribution >= 0.6 is 22.7 Å². The van der Waals surface area contributed by atoms with Crippen LogP contribution < -0.4 is 25.1 Å². The van der Waals surface area contributed by atoms with Crippen molar-refractivity contribution in [3.63, 3.8) is 0 Å². The molecule has 2 aliphatic heterocycles. The predicted molar refractivity (Wildman–Crippen MR) is 111 cm³/mol. The second kappa shape index (κ2) is 6.91. The number of carbonyl (C=O) groups excluding carboxylic acids is 3. The van der Waals surface area contributed by atoms with Crippen LogP contribution in [-0.4, -0.2) is 22.7 Å². The van der Waals surface area contributed by atoms with Crippen molar-refractivity contribution in [2.75, 3.05) is 4.90 Å². The van der Waals surface area contributed by atoms with Crippen LogP contribution in [0.4, 0.5) is 11.4 Å². The topological polar surface area (TPSA) is 142 Å². The van der Waals surface area contributed by atoms with Crippen LogP contribution in [0.3, 0.4) is 0 Å². The van der Waals surface area contributed by atoms with Crippen molar-refractivity contribution in [1.29, 1.82) is 5.26 Å². The summed E-state index contributed by atoms with van der Waals surface area (Å²) in [5, 5.41) is 20.0. The molecule has 0 atom stereocenters. The summed E-state index contributed by atoms with van der Waals surface area (Å²) >= 11 is 1.66. The molecule has 1 aliphatic carbocycles. The van der Waals surface area contributed by atoms with Crippen LogP contribution in [0.15, 0.2) is 35.1 Å². The van der Waals surface area contributed by atoms with Gasteiger partial charge in [0.25, 0.3) is 11.8 Å². The normalized spacial score (nSPS) is 13.9. The molecule has 0 spiro atoms. The Bertz CT molecular complexity index is 1560. The highest BCUT2D eigenvalue weighted by molar-refractivity contribution is 7.25. The number of Topliss-reactive ketones (excluding diaryl/α,β-unsaturated/α-hetero) is 1.